The van der Waals surface area contributed by atoms with E-state index in [1.54, 1.807) is 0 Å². The Labute approximate surface area is 122 Å². The molecular formula is C13H17N3O3S. The van der Waals surface area contributed by atoms with E-state index >= 15 is 0 Å². The number of nitrogens with zero attached hydrogens (tertiary/aromatic N) is 1. The van der Waals surface area contributed by atoms with E-state index in [2.05, 4.69) is 22.9 Å². The topological polar surface area (TPSA) is 81.7 Å². The SMILES string of the molecule is O=C(NS)Nc1ccc(C2CCN(C(=O)O)CC2)cc1. The van der Waals surface area contributed by atoms with Crippen molar-refractivity contribution in [2.75, 3.05) is 18.4 Å². The number of hydrogen-bond acceptors (Lipinski definition) is 3. The van der Waals surface area contributed by atoms with Crippen molar-refractivity contribution < 1.29 is 14.7 Å². The van der Waals surface area contributed by atoms with Crippen LogP contribution in [0.4, 0.5) is 15.3 Å². The highest BCUT2D eigenvalue weighted by atomic mass is 32.1. The van der Waals surface area contributed by atoms with Gasteiger partial charge in [0.1, 0.15) is 0 Å². The molecule has 1 aliphatic rings. The first-order valence-electron chi connectivity index (χ1n) is 6.39. The average Bonchev–Trinajstić information content (AvgIpc) is 2.48. The third-order valence-corrected chi connectivity index (χ3v) is 3.71. The highest BCUT2D eigenvalue weighted by molar-refractivity contribution is 7.78. The number of urea groups is 1. The molecule has 108 valence electrons. The average molecular weight is 295 g/mol. The number of anilines is 1. The van der Waals surface area contributed by atoms with E-state index in [9.17, 15) is 9.59 Å². The molecule has 3 N–H and O–H groups in total. The van der Waals surface area contributed by atoms with Gasteiger partial charge in [0.05, 0.1) is 0 Å². The van der Waals surface area contributed by atoms with Crippen molar-refractivity contribution >= 4 is 30.6 Å². The second kappa shape index (κ2) is 6.51. The smallest absolute Gasteiger partial charge is 0.407 e. The van der Waals surface area contributed by atoms with Gasteiger partial charge in [-0.25, -0.2) is 9.59 Å². The second-order valence-electron chi connectivity index (χ2n) is 4.73. The van der Waals surface area contributed by atoms with Crippen LogP contribution in [0.1, 0.15) is 24.3 Å². The Morgan fingerprint density at radius 2 is 1.80 bits per heavy atom. The van der Waals surface area contributed by atoms with Crippen molar-refractivity contribution in [3.05, 3.63) is 29.8 Å². The second-order valence-corrected chi connectivity index (χ2v) is 4.96. The molecule has 0 spiro atoms. The van der Waals surface area contributed by atoms with Gasteiger partial charge in [0.15, 0.2) is 0 Å². The summed E-state index contributed by atoms with van der Waals surface area (Å²) >= 11 is 3.66. The number of piperidine rings is 1. The summed E-state index contributed by atoms with van der Waals surface area (Å²) in [5, 5.41) is 11.5. The lowest BCUT2D eigenvalue weighted by Gasteiger charge is -2.30. The van der Waals surface area contributed by atoms with E-state index < -0.39 is 6.09 Å². The van der Waals surface area contributed by atoms with Crippen LogP contribution in [-0.4, -0.2) is 35.2 Å². The number of carbonyl (C=O) groups is 2. The molecule has 7 heteroatoms. The number of nitrogens with one attached hydrogen (secondary N) is 2. The molecule has 1 aromatic carbocycles. The fourth-order valence-electron chi connectivity index (χ4n) is 2.40. The van der Waals surface area contributed by atoms with E-state index in [1.807, 2.05) is 24.3 Å². The molecule has 0 bridgehead atoms. The number of likely N-dealkylation sites (tertiary alicyclic amines) is 1. The number of rotatable bonds is 2. The van der Waals surface area contributed by atoms with Gasteiger partial charge in [-0.1, -0.05) is 24.9 Å². The van der Waals surface area contributed by atoms with Gasteiger partial charge in [-0.3, -0.25) is 4.72 Å². The first-order chi connectivity index (χ1) is 9.60. The zero-order valence-electron chi connectivity index (χ0n) is 10.9. The van der Waals surface area contributed by atoms with Gasteiger partial charge >= 0.3 is 12.1 Å². The molecule has 0 aromatic heterocycles. The van der Waals surface area contributed by atoms with E-state index in [1.165, 1.54) is 10.5 Å². The molecule has 1 heterocycles. The summed E-state index contributed by atoms with van der Waals surface area (Å²) in [5.41, 5.74) is 1.87. The molecule has 3 amide bonds. The molecule has 1 aliphatic heterocycles. The lowest BCUT2D eigenvalue weighted by atomic mass is 9.89. The largest absolute Gasteiger partial charge is 0.465 e. The molecule has 0 saturated carbocycles. The van der Waals surface area contributed by atoms with Crippen molar-refractivity contribution in [1.82, 2.24) is 9.62 Å². The summed E-state index contributed by atoms with van der Waals surface area (Å²) in [5.74, 6) is 0.373. The molecule has 20 heavy (non-hydrogen) atoms. The first kappa shape index (κ1) is 14.5. The molecule has 0 aliphatic carbocycles. The highest BCUT2D eigenvalue weighted by Gasteiger charge is 2.23. The number of carboxylic acid groups (broad SMARTS) is 1. The van der Waals surface area contributed by atoms with Crippen molar-refractivity contribution in [2.45, 2.75) is 18.8 Å². The Hall–Kier alpha value is -1.89. The molecule has 0 atom stereocenters. The lowest BCUT2D eigenvalue weighted by Crippen LogP contribution is -2.36. The third-order valence-electron chi connectivity index (χ3n) is 3.51. The normalized spacial score (nSPS) is 15.8. The van der Waals surface area contributed by atoms with Crippen LogP contribution >= 0.6 is 12.8 Å². The monoisotopic (exact) mass is 295 g/mol. The molecule has 1 aromatic rings. The number of carbonyl (C=O) groups excluding carboxylic acids is 1. The van der Waals surface area contributed by atoms with Gasteiger partial charge in [0, 0.05) is 18.8 Å². The summed E-state index contributed by atoms with van der Waals surface area (Å²) in [6.07, 6.45) is 0.813. The van der Waals surface area contributed by atoms with Gasteiger partial charge in [0.25, 0.3) is 0 Å². The van der Waals surface area contributed by atoms with Crippen LogP contribution in [-0.2, 0) is 0 Å². The molecule has 1 fully saturated rings. The lowest BCUT2D eigenvalue weighted by molar-refractivity contribution is 0.132. The maximum Gasteiger partial charge on any atom is 0.407 e. The summed E-state index contributed by atoms with van der Waals surface area (Å²) in [6, 6.07) is 7.23. The van der Waals surface area contributed by atoms with Crippen LogP contribution in [0.2, 0.25) is 0 Å². The molecular weight excluding hydrogens is 278 g/mol. The van der Waals surface area contributed by atoms with E-state index in [0.29, 0.717) is 24.7 Å². The summed E-state index contributed by atoms with van der Waals surface area (Å²) < 4.78 is 2.19. The Kier molecular flexibility index (Phi) is 4.73. The Bertz CT molecular complexity index is 484. The Balaban J connectivity index is 1.94. The first-order valence-corrected chi connectivity index (χ1v) is 6.84. The molecule has 6 nitrogen and oxygen atoms in total. The van der Waals surface area contributed by atoms with E-state index in [4.69, 9.17) is 5.11 Å². The van der Waals surface area contributed by atoms with Gasteiger partial charge in [-0.05, 0) is 36.5 Å². The van der Waals surface area contributed by atoms with Crippen LogP contribution in [0, 0.1) is 0 Å². The van der Waals surface area contributed by atoms with Crippen LogP contribution in [0.25, 0.3) is 0 Å². The zero-order valence-corrected chi connectivity index (χ0v) is 11.8. The number of amides is 3. The quantitative estimate of drug-likeness (QED) is 0.633. The number of hydrogen-bond donors (Lipinski definition) is 4. The number of thiol groups is 1. The van der Waals surface area contributed by atoms with Crippen molar-refractivity contribution in [1.29, 1.82) is 0 Å². The van der Waals surface area contributed by atoms with E-state index in [-0.39, 0.29) is 6.03 Å². The maximum absolute atomic E-state index is 11.1. The summed E-state index contributed by atoms with van der Waals surface area (Å²) in [6.45, 7) is 1.14. The number of benzene rings is 1. The summed E-state index contributed by atoms with van der Waals surface area (Å²) in [4.78, 5) is 23.4. The minimum atomic E-state index is -0.847. The molecule has 0 radical (unpaired) electrons. The zero-order chi connectivity index (χ0) is 14.5. The van der Waals surface area contributed by atoms with Crippen LogP contribution in [0.15, 0.2) is 24.3 Å². The third kappa shape index (κ3) is 3.57. The Morgan fingerprint density at radius 3 is 2.30 bits per heavy atom. The molecule has 0 unspecified atom stereocenters. The standard InChI is InChI=1S/C13H17N3O3S/c17-12(15-20)14-11-3-1-9(2-4-11)10-5-7-16(8-6-10)13(18)19/h1-4,10,20H,5-8H2,(H,18,19)(H2,14,15,17). The van der Waals surface area contributed by atoms with Gasteiger partial charge < -0.3 is 15.3 Å². The van der Waals surface area contributed by atoms with Crippen molar-refractivity contribution in [3.63, 3.8) is 0 Å². The van der Waals surface area contributed by atoms with Crippen LogP contribution in [0.3, 0.4) is 0 Å². The minimum absolute atomic E-state index is 0.373. The fraction of sp³-hybridized carbons (Fsp3) is 0.385. The molecule has 1 saturated heterocycles. The minimum Gasteiger partial charge on any atom is -0.465 e. The predicted molar refractivity (Wildman–Crippen MR) is 79.2 cm³/mol. The van der Waals surface area contributed by atoms with Gasteiger partial charge in [-0.15, -0.1) is 0 Å². The van der Waals surface area contributed by atoms with Crippen LogP contribution in [0.5, 0.6) is 0 Å². The summed E-state index contributed by atoms with van der Waals surface area (Å²) in [7, 11) is 0. The van der Waals surface area contributed by atoms with Crippen LogP contribution < -0.4 is 10.0 Å². The van der Waals surface area contributed by atoms with Gasteiger partial charge in [-0.2, -0.15) is 0 Å². The maximum atomic E-state index is 11.1. The Morgan fingerprint density at radius 1 is 1.20 bits per heavy atom. The predicted octanol–water partition coefficient (Wildman–Crippen LogP) is 2.51. The fourth-order valence-corrected chi connectivity index (χ4v) is 2.46. The van der Waals surface area contributed by atoms with Gasteiger partial charge in [0.2, 0.25) is 0 Å². The molecule has 2 rings (SSSR count). The van der Waals surface area contributed by atoms with E-state index in [0.717, 1.165) is 12.8 Å². The highest BCUT2D eigenvalue weighted by Crippen LogP contribution is 2.28. The van der Waals surface area contributed by atoms with Crippen molar-refractivity contribution in [2.24, 2.45) is 0 Å². The van der Waals surface area contributed by atoms with Crippen molar-refractivity contribution in [3.8, 4) is 0 Å².